The van der Waals surface area contributed by atoms with Crippen molar-refractivity contribution in [2.24, 2.45) is 0 Å². The molecule has 0 bridgehead atoms. The molecular weight excluding hydrogens is 513 g/mol. The molecule has 2 aromatic carbocycles. The number of amidine groups is 1. The number of fused-ring (bicyclic) bond motifs is 2. The van der Waals surface area contributed by atoms with E-state index in [0.29, 0.717) is 47.6 Å². The minimum absolute atomic E-state index is 0.00637. The van der Waals surface area contributed by atoms with E-state index in [1.165, 1.54) is 7.11 Å². The lowest BCUT2D eigenvalue weighted by Crippen LogP contribution is -2.38. The van der Waals surface area contributed by atoms with Crippen molar-refractivity contribution in [1.29, 1.82) is 5.41 Å². The maximum Gasteiger partial charge on any atom is 0.255 e. The van der Waals surface area contributed by atoms with E-state index in [1.54, 1.807) is 30.0 Å². The summed E-state index contributed by atoms with van der Waals surface area (Å²) >= 11 is 0. The number of carbonyl (C=O) groups excluding carboxylic acids is 2. The normalized spacial score (nSPS) is 17.1. The number of halogens is 1. The third-order valence-electron chi connectivity index (χ3n) is 7.91. The van der Waals surface area contributed by atoms with E-state index in [9.17, 15) is 9.59 Å². The summed E-state index contributed by atoms with van der Waals surface area (Å²) < 4.78 is 32.8. The van der Waals surface area contributed by atoms with Crippen molar-refractivity contribution in [3.05, 3.63) is 51.8 Å². The zero-order valence-corrected chi connectivity index (χ0v) is 24.1. The van der Waals surface area contributed by atoms with Gasteiger partial charge in [0, 0.05) is 17.2 Å². The number of nitrogens with one attached hydrogen (secondary N) is 2. The SMILES string of the molecule is CCOc1cc2c(c(F)c1OCC)C(=N)N(CC(=O)c1cc(C(=O)NC3CC3)c(OC)c(C(C)(C)C)c1)C21CC1. The number of amides is 1. The molecule has 0 unspecified atom stereocenters. The number of benzene rings is 2. The van der Waals surface area contributed by atoms with Gasteiger partial charge < -0.3 is 24.4 Å². The van der Waals surface area contributed by atoms with Crippen molar-refractivity contribution < 1.29 is 28.2 Å². The van der Waals surface area contributed by atoms with Crippen LogP contribution >= 0.6 is 0 Å². The molecule has 0 radical (unpaired) electrons. The average molecular weight is 552 g/mol. The lowest BCUT2D eigenvalue weighted by atomic mass is 9.83. The van der Waals surface area contributed by atoms with Gasteiger partial charge in [0.25, 0.3) is 5.91 Å². The van der Waals surface area contributed by atoms with Gasteiger partial charge in [-0.1, -0.05) is 20.8 Å². The molecule has 2 aromatic rings. The maximum absolute atomic E-state index is 15.8. The lowest BCUT2D eigenvalue weighted by Gasteiger charge is -2.27. The molecule has 2 saturated carbocycles. The molecule has 9 heteroatoms. The molecule has 1 amide bonds. The first-order valence-corrected chi connectivity index (χ1v) is 14.0. The standard InChI is InChI=1S/C31H38FN3O5/c1-7-39-23-15-20-24(25(32)27(23)40-8-2)28(33)35(31(20)11-12-31)16-22(36)17-13-19(29(37)34-18-9-10-18)26(38-6)21(14-17)30(3,4)5/h13-15,18,33H,7-12,16H2,1-6H3,(H,34,37). The fourth-order valence-electron chi connectivity index (χ4n) is 5.59. The van der Waals surface area contributed by atoms with Gasteiger partial charge in [0.05, 0.1) is 43.5 Å². The van der Waals surface area contributed by atoms with Crippen LogP contribution in [0, 0.1) is 11.2 Å². The van der Waals surface area contributed by atoms with Crippen LogP contribution in [0.1, 0.15) is 97.7 Å². The average Bonchev–Trinajstić information content (AvgIpc) is 3.83. The maximum atomic E-state index is 15.8. The molecule has 1 aliphatic heterocycles. The fraction of sp³-hybridized carbons (Fsp3) is 0.516. The van der Waals surface area contributed by atoms with E-state index in [1.807, 2.05) is 27.7 Å². The van der Waals surface area contributed by atoms with Crippen LogP contribution in [0.5, 0.6) is 17.2 Å². The van der Waals surface area contributed by atoms with Crippen molar-refractivity contribution in [3.63, 3.8) is 0 Å². The zero-order chi connectivity index (χ0) is 29.0. The van der Waals surface area contributed by atoms with Crippen molar-refractivity contribution in [2.75, 3.05) is 26.9 Å². The third-order valence-corrected chi connectivity index (χ3v) is 7.91. The minimum Gasteiger partial charge on any atom is -0.496 e. The molecule has 2 N–H and O–H groups in total. The molecule has 2 fully saturated rings. The monoisotopic (exact) mass is 551 g/mol. The lowest BCUT2D eigenvalue weighted by molar-refractivity contribution is 0.0943. The summed E-state index contributed by atoms with van der Waals surface area (Å²) in [6.45, 7) is 10.1. The highest BCUT2D eigenvalue weighted by atomic mass is 19.1. The first-order valence-electron chi connectivity index (χ1n) is 14.0. The molecule has 1 spiro atoms. The Kier molecular flexibility index (Phi) is 7.04. The van der Waals surface area contributed by atoms with Crippen molar-refractivity contribution in [2.45, 2.75) is 77.3 Å². The molecule has 0 aromatic heterocycles. The number of hydrogen-bond donors (Lipinski definition) is 2. The van der Waals surface area contributed by atoms with Gasteiger partial charge in [-0.25, -0.2) is 4.39 Å². The molecular formula is C31H38FN3O5. The van der Waals surface area contributed by atoms with E-state index < -0.39 is 16.8 Å². The Morgan fingerprint density at radius 1 is 1.10 bits per heavy atom. The van der Waals surface area contributed by atoms with Gasteiger partial charge in [0.1, 0.15) is 11.6 Å². The Morgan fingerprint density at radius 2 is 1.77 bits per heavy atom. The second-order valence-electron chi connectivity index (χ2n) is 11.8. The number of Topliss-reactive ketones (excluding diaryl/α,β-unsaturated/α-hetero) is 1. The number of rotatable bonds is 10. The van der Waals surface area contributed by atoms with Gasteiger partial charge in [-0.05, 0) is 68.7 Å². The van der Waals surface area contributed by atoms with Crippen molar-refractivity contribution in [1.82, 2.24) is 10.2 Å². The van der Waals surface area contributed by atoms with E-state index in [-0.39, 0.29) is 48.0 Å². The Hall–Kier alpha value is -3.62. The van der Waals surface area contributed by atoms with E-state index in [0.717, 1.165) is 18.4 Å². The van der Waals surface area contributed by atoms with Crippen molar-refractivity contribution in [3.8, 4) is 17.2 Å². The van der Waals surface area contributed by atoms with Gasteiger partial charge in [0.15, 0.2) is 23.1 Å². The largest absolute Gasteiger partial charge is 0.496 e. The number of ether oxygens (including phenoxy) is 3. The number of methoxy groups -OCH3 is 1. The van der Waals surface area contributed by atoms with E-state index in [4.69, 9.17) is 19.6 Å². The summed E-state index contributed by atoms with van der Waals surface area (Å²) in [5.74, 6) is -0.444. The number of ketones is 1. The Labute approximate surface area is 234 Å². The summed E-state index contributed by atoms with van der Waals surface area (Å²) in [5.41, 5.74) is 1.20. The van der Waals surface area contributed by atoms with Gasteiger partial charge in [-0.3, -0.25) is 15.0 Å². The van der Waals surface area contributed by atoms with Crippen LogP contribution in [-0.4, -0.2) is 55.3 Å². The molecule has 1 heterocycles. The van der Waals surface area contributed by atoms with Crippen LogP contribution < -0.4 is 19.5 Å². The van der Waals surface area contributed by atoms with Crippen LogP contribution in [0.15, 0.2) is 18.2 Å². The smallest absolute Gasteiger partial charge is 0.255 e. The van der Waals surface area contributed by atoms with Gasteiger partial charge in [-0.2, -0.15) is 0 Å². The summed E-state index contributed by atoms with van der Waals surface area (Å²) in [6.07, 6.45) is 3.26. The Balaban J connectivity index is 1.52. The molecule has 40 heavy (non-hydrogen) atoms. The Bertz CT molecular complexity index is 1390. The molecule has 5 rings (SSSR count). The van der Waals surface area contributed by atoms with E-state index >= 15 is 4.39 Å². The van der Waals surface area contributed by atoms with Crippen molar-refractivity contribution >= 4 is 17.5 Å². The van der Waals surface area contributed by atoms with Crippen LogP contribution in [0.25, 0.3) is 0 Å². The summed E-state index contributed by atoms with van der Waals surface area (Å²) in [5, 5.41) is 11.9. The second-order valence-corrected chi connectivity index (χ2v) is 11.8. The highest BCUT2D eigenvalue weighted by Crippen LogP contribution is 2.59. The fourth-order valence-corrected chi connectivity index (χ4v) is 5.59. The number of hydrogen-bond acceptors (Lipinski definition) is 6. The quantitative estimate of drug-likeness (QED) is 0.387. The predicted molar refractivity (Wildman–Crippen MR) is 150 cm³/mol. The highest BCUT2D eigenvalue weighted by Gasteiger charge is 2.58. The number of carbonyl (C=O) groups is 2. The molecule has 0 atom stereocenters. The molecule has 2 aliphatic carbocycles. The van der Waals surface area contributed by atoms with Gasteiger partial charge in [0.2, 0.25) is 0 Å². The van der Waals surface area contributed by atoms with Gasteiger partial charge >= 0.3 is 0 Å². The Morgan fingerprint density at radius 3 is 2.33 bits per heavy atom. The topological polar surface area (TPSA) is 101 Å². The highest BCUT2D eigenvalue weighted by molar-refractivity contribution is 6.08. The number of nitrogens with zero attached hydrogens (tertiary/aromatic N) is 1. The van der Waals surface area contributed by atoms with Crippen LogP contribution in [0.2, 0.25) is 0 Å². The van der Waals surface area contributed by atoms with E-state index in [2.05, 4.69) is 5.32 Å². The third kappa shape index (κ3) is 4.69. The predicted octanol–water partition coefficient (Wildman–Crippen LogP) is 5.33. The van der Waals surface area contributed by atoms with Crippen LogP contribution in [0.4, 0.5) is 4.39 Å². The summed E-state index contributed by atoms with van der Waals surface area (Å²) in [4.78, 5) is 28.7. The molecule has 214 valence electrons. The first kappa shape index (κ1) is 27.9. The molecule has 3 aliphatic rings. The van der Waals surface area contributed by atoms with Crippen LogP contribution in [-0.2, 0) is 11.0 Å². The summed E-state index contributed by atoms with van der Waals surface area (Å²) in [7, 11) is 1.53. The second kappa shape index (κ2) is 10.1. The first-order chi connectivity index (χ1) is 19.0. The molecule has 8 nitrogen and oxygen atoms in total. The molecule has 0 saturated heterocycles. The van der Waals surface area contributed by atoms with Crippen LogP contribution in [0.3, 0.4) is 0 Å². The van der Waals surface area contributed by atoms with Gasteiger partial charge in [-0.15, -0.1) is 0 Å². The zero-order valence-electron chi connectivity index (χ0n) is 24.1. The minimum atomic E-state index is -0.634. The summed E-state index contributed by atoms with van der Waals surface area (Å²) in [6, 6.07) is 5.28.